The molecular weight excluding hydrogens is 362 g/mol. The maximum absolute atomic E-state index is 12.7. The number of hydrogen-bond acceptors (Lipinski definition) is 4. The van der Waals surface area contributed by atoms with Crippen LogP contribution in [0.25, 0.3) is 0 Å². The fourth-order valence-electron chi connectivity index (χ4n) is 3.39. The highest BCUT2D eigenvalue weighted by atomic mass is 32.1. The first-order valence-electron chi connectivity index (χ1n) is 9.97. The van der Waals surface area contributed by atoms with Crippen molar-refractivity contribution in [2.45, 2.75) is 70.3 Å². The maximum Gasteiger partial charge on any atom is 0.252 e. The highest BCUT2D eigenvalue weighted by Crippen LogP contribution is 2.28. The van der Waals surface area contributed by atoms with Gasteiger partial charge < -0.3 is 16.0 Å². The number of amides is 3. The van der Waals surface area contributed by atoms with Crippen molar-refractivity contribution < 1.29 is 14.4 Å². The van der Waals surface area contributed by atoms with Crippen LogP contribution in [0.5, 0.6) is 0 Å². The molecule has 1 aliphatic carbocycles. The lowest BCUT2D eigenvalue weighted by atomic mass is 9.80. The van der Waals surface area contributed by atoms with E-state index in [2.05, 4.69) is 22.9 Å². The second-order valence-electron chi connectivity index (χ2n) is 7.17. The fraction of sp³-hybridized carbons (Fsp3) is 0.650. The molecule has 0 spiro atoms. The Morgan fingerprint density at radius 2 is 1.81 bits per heavy atom. The van der Waals surface area contributed by atoms with E-state index in [1.54, 1.807) is 11.4 Å². The molecule has 7 heteroatoms. The maximum atomic E-state index is 12.7. The molecule has 0 aromatic carbocycles. The van der Waals surface area contributed by atoms with Crippen molar-refractivity contribution in [3.63, 3.8) is 0 Å². The van der Waals surface area contributed by atoms with E-state index in [-0.39, 0.29) is 17.7 Å². The molecule has 1 aliphatic rings. The van der Waals surface area contributed by atoms with Crippen molar-refractivity contribution >= 4 is 29.1 Å². The zero-order valence-electron chi connectivity index (χ0n) is 16.1. The Hall–Kier alpha value is -1.89. The van der Waals surface area contributed by atoms with E-state index in [1.165, 1.54) is 11.3 Å². The van der Waals surface area contributed by atoms with Gasteiger partial charge in [-0.1, -0.05) is 32.6 Å². The lowest BCUT2D eigenvalue weighted by molar-refractivity contribution is -0.135. The summed E-state index contributed by atoms with van der Waals surface area (Å²) in [5.74, 6) is -0.280. The van der Waals surface area contributed by atoms with Gasteiger partial charge >= 0.3 is 0 Å². The summed E-state index contributed by atoms with van der Waals surface area (Å²) < 4.78 is 0. The molecule has 0 bridgehead atoms. The Kier molecular flexibility index (Phi) is 8.78. The van der Waals surface area contributed by atoms with Crippen molar-refractivity contribution in [3.8, 4) is 0 Å². The van der Waals surface area contributed by atoms with Gasteiger partial charge in [0, 0.05) is 30.5 Å². The molecule has 6 nitrogen and oxygen atoms in total. The van der Waals surface area contributed by atoms with Gasteiger partial charge in [-0.15, -0.1) is 0 Å². The lowest BCUT2D eigenvalue weighted by Gasteiger charge is -2.36. The number of thiophene rings is 1. The summed E-state index contributed by atoms with van der Waals surface area (Å²) in [6.45, 7) is 3.18. The number of carbonyl (C=O) groups is 3. The second-order valence-corrected chi connectivity index (χ2v) is 7.95. The van der Waals surface area contributed by atoms with Crippen LogP contribution in [0.2, 0.25) is 0 Å². The van der Waals surface area contributed by atoms with Crippen LogP contribution < -0.4 is 16.0 Å². The first-order valence-corrected chi connectivity index (χ1v) is 10.9. The van der Waals surface area contributed by atoms with E-state index in [0.717, 1.165) is 32.1 Å². The molecule has 0 atom stereocenters. The summed E-state index contributed by atoms with van der Waals surface area (Å²) in [6, 6.07) is 1.77. The summed E-state index contributed by atoms with van der Waals surface area (Å²) in [5, 5.41) is 12.5. The van der Waals surface area contributed by atoms with Gasteiger partial charge in [0.05, 0.1) is 0 Å². The molecule has 1 aromatic rings. The van der Waals surface area contributed by atoms with Crippen LogP contribution in [0.4, 0.5) is 0 Å². The molecule has 0 unspecified atom stereocenters. The fourth-order valence-corrected chi connectivity index (χ4v) is 4.02. The predicted octanol–water partition coefficient (Wildman–Crippen LogP) is 2.99. The van der Waals surface area contributed by atoms with Crippen molar-refractivity contribution in [2.24, 2.45) is 0 Å². The third kappa shape index (κ3) is 6.65. The topological polar surface area (TPSA) is 87.3 Å². The van der Waals surface area contributed by atoms with Gasteiger partial charge in [0.2, 0.25) is 11.8 Å². The molecule has 3 N–H and O–H groups in total. The molecule has 150 valence electrons. The van der Waals surface area contributed by atoms with E-state index < -0.39 is 5.54 Å². The lowest BCUT2D eigenvalue weighted by Crippen LogP contribution is -2.59. The van der Waals surface area contributed by atoms with Crippen LogP contribution in [0.3, 0.4) is 0 Å². The number of carbonyl (C=O) groups excluding carboxylic acids is 3. The Morgan fingerprint density at radius 3 is 2.48 bits per heavy atom. The number of hydrogen-bond donors (Lipinski definition) is 3. The minimum atomic E-state index is -0.761. The Bertz CT molecular complexity index is 610. The van der Waals surface area contributed by atoms with Crippen LogP contribution in [-0.2, 0) is 9.59 Å². The predicted molar refractivity (Wildman–Crippen MR) is 108 cm³/mol. The molecule has 1 fully saturated rings. The van der Waals surface area contributed by atoms with Crippen molar-refractivity contribution in [3.05, 3.63) is 22.4 Å². The monoisotopic (exact) mass is 393 g/mol. The van der Waals surface area contributed by atoms with Gasteiger partial charge in [-0.3, -0.25) is 14.4 Å². The minimum absolute atomic E-state index is 0.0465. The van der Waals surface area contributed by atoms with Crippen LogP contribution in [-0.4, -0.2) is 36.3 Å². The van der Waals surface area contributed by atoms with E-state index in [0.29, 0.717) is 44.3 Å². The van der Waals surface area contributed by atoms with Crippen molar-refractivity contribution in [2.75, 3.05) is 13.1 Å². The molecule has 1 heterocycles. The quantitative estimate of drug-likeness (QED) is 0.534. The average molecular weight is 394 g/mol. The summed E-state index contributed by atoms with van der Waals surface area (Å²) in [5.41, 5.74) is -0.113. The molecule has 0 aliphatic heterocycles. The summed E-state index contributed by atoms with van der Waals surface area (Å²) in [7, 11) is 0. The molecule has 2 rings (SSSR count). The number of rotatable bonds is 10. The molecule has 3 amide bonds. The molecular formula is C20H31N3O3S. The summed E-state index contributed by atoms with van der Waals surface area (Å²) in [4.78, 5) is 37.0. The standard InChI is InChI=1S/C20H31N3O3S/c1-2-3-12-22-19(26)20(10-5-4-6-11-20)23-17(24)8-7-13-21-18(25)16-9-14-27-15-16/h9,14-15H,2-8,10-13H2,1H3,(H,21,25)(H,22,26)(H,23,24). The van der Waals surface area contributed by atoms with E-state index >= 15 is 0 Å². The number of nitrogens with one attached hydrogen (secondary N) is 3. The Labute approximate surface area is 165 Å². The molecule has 0 radical (unpaired) electrons. The van der Waals surface area contributed by atoms with Gasteiger partial charge in [-0.25, -0.2) is 0 Å². The zero-order valence-corrected chi connectivity index (χ0v) is 17.0. The van der Waals surface area contributed by atoms with Crippen LogP contribution in [0, 0.1) is 0 Å². The first kappa shape index (κ1) is 21.4. The summed E-state index contributed by atoms with van der Waals surface area (Å²) in [6.07, 6.45) is 7.24. The van der Waals surface area contributed by atoms with E-state index in [9.17, 15) is 14.4 Å². The highest BCUT2D eigenvalue weighted by molar-refractivity contribution is 7.08. The Morgan fingerprint density at radius 1 is 1.07 bits per heavy atom. The van der Waals surface area contributed by atoms with Gasteiger partial charge in [0.25, 0.3) is 5.91 Å². The SMILES string of the molecule is CCCCNC(=O)C1(NC(=O)CCCNC(=O)c2ccsc2)CCCCC1. The smallest absolute Gasteiger partial charge is 0.252 e. The summed E-state index contributed by atoms with van der Waals surface area (Å²) >= 11 is 1.48. The van der Waals surface area contributed by atoms with E-state index in [4.69, 9.17) is 0 Å². The van der Waals surface area contributed by atoms with Crippen LogP contribution in [0.1, 0.15) is 75.1 Å². The van der Waals surface area contributed by atoms with Gasteiger partial charge in [0.15, 0.2) is 0 Å². The molecule has 0 saturated heterocycles. The van der Waals surface area contributed by atoms with Crippen molar-refractivity contribution in [1.29, 1.82) is 0 Å². The molecule has 1 saturated carbocycles. The third-order valence-corrected chi connectivity index (χ3v) is 5.67. The van der Waals surface area contributed by atoms with Crippen LogP contribution >= 0.6 is 11.3 Å². The van der Waals surface area contributed by atoms with Gasteiger partial charge in [0.1, 0.15) is 5.54 Å². The highest BCUT2D eigenvalue weighted by Gasteiger charge is 2.40. The first-order chi connectivity index (χ1) is 13.1. The largest absolute Gasteiger partial charge is 0.354 e. The molecule has 27 heavy (non-hydrogen) atoms. The second kappa shape index (κ2) is 11.1. The zero-order chi connectivity index (χ0) is 19.5. The van der Waals surface area contributed by atoms with Crippen LogP contribution in [0.15, 0.2) is 16.8 Å². The van der Waals surface area contributed by atoms with Gasteiger partial charge in [-0.2, -0.15) is 11.3 Å². The third-order valence-electron chi connectivity index (χ3n) is 4.99. The van der Waals surface area contributed by atoms with E-state index in [1.807, 2.05) is 5.38 Å². The minimum Gasteiger partial charge on any atom is -0.354 e. The molecule has 1 aromatic heterocycles. The average Bonchev–Trinajstić information content (AvgIpc) is 3.21. The van der Waals surface area contributed by atoms with Gasteiger partial charge in [-0.05, 0) is 37.1 Å². The normalized spacial score (nSPS) is 15.7. The van der Waals surface area contributed by atoms with Crippen molar-refractivity contribution in [1.82, 2.24) is 16.0 Å². The number of unbranched alkanes of at least 4 members (excludes halogenated alkanes) is 1. The Balaban J connectivity index is 1.77.